The van der Waals surface area contributed by atoms with Crippen molar-refractivity contribution < 1.29 is 19.4 Å². The van der Waals surface area contributed by atoms with E-state index in [1.165, 1.54) is 0 Å². The maximum atomic E-state index is 12.8. The van der Waals surface area contributed by atoms with Crippen LogP contribution in [0, 0.1) is 5.92 Å². The molecule has 3 unspecified atom stereocenters. The highest BCUT2D eigenvalue weighted by molar-refractivity contribution is 5.86. The summed E-state index contributed by atoms with van der Waals surface area (Å²) in [7, 11) is 0. The first-order chi connectivity index (χ1) is 10.2. The molecule has 3 rings (SSSR count). The first-order valence-electron chi connectivity index (χ1n) is 8.22. The second kappa shape index (κ2) is 5.11. The summed E-state index contributed by atoms with van der Waals surface area (Å²) in [4.78, 5) is 28.9. The Morgan fingerprint density at radius 1 is 1.23 bits per heavy atom. The molecule has 1 saturated carbocycles. The van der Waals surface area contributed by atoms with Crippen molar-refractivity contribution in [2.75, 3.05) is 19.6 Å². The molecule has 0 aromatic rings. The third-order valence-corrected chi connectivity index (χ3v) is 5.06. The molecule has 0 radical (unpaired) electrons. The number of carboxylic acid groups (broad SMARTS) is 1. The number of fused-ring (bicyclic) bond motifs is 2. The van der Waals surface area contributed by atoms with E-state index in [4.69, 9.17) is 4.74 Å². The average Bonchev–Trinajstić information content (AvgIpc) is 3.13. The van der Waals surface area contributed by atoms with Crippen molar-refractivity contribution >= 4 is 12.1 Å². The van der Waals surface area contributed by atoms with E-state index in [1.807, 2.05) is 20.8 Å². The van der Waals surface area contributed by atoms with Crippen LogP contribution in [0.15, 0.2) is 0 Å². The van der Waals surface area contributed by atoms with Gasteiger partial charge in [0.05, 0.1) is 0 Å². The van der Waals surface area contributed by atoms with Crippen LogP contribution in [-0.4, -0.2) is 63.8 Å². The van der Waals surface area contributed by atoms with E-state index in [0.717, 1.165) is 38.9 Å². The van der Waals surface area contributed by atoms with Gasteiger partial charge in [0.15, 0.2) is 0 Å². The Kier molecular flexibility index (Phi) is 3.62. The third-order valence-electron chi connectivity index (χ3n) is 5.06. The quantitative estimate of drug-likeness (QED) is 0.862. The summed E-state index contributed by atoms with van der Waals surface area (Å²) >= 11 is 0. The maximum Gasteiger partial charge on any atom is 0.411 e. The van der Waals surface area contributed by atoms with Crippen molar-refractivity contribution in [3.63, 3.8) is 0 Å². The fraction of sp³-hybridized carbons (Fsp3) is 0.875. The Morgan fingerprint density at radius 2 is 1.91 bits per heavy atom. The number of hydrogen-bond acceptors (Lipinski definition) is 4. The van der Waals surface area contributed by atoms with Crippen molar-refractivity contribution in [3.8, 4) is 0 Å². The van der Waals surface area contributed by atoms with Gasteiger partial charge in [-0.3, -0.25) is 4.90 Å². The van der Waals surface area contributed by atoms with Gasteiger partial charge >= 0.3 is 12.1 Å². The number of piperidine rings is 1. The van der Waals surface area contributed by atoms with Gasteiger partial charge < -0.3 is 14.7 Å². The molecule has 3 aliphatic rings. The van der Waals surface area contributed by atoms with Gasteiger partial charge in [-0.25, -0.2) is 9.59 Å². The van der Waals surface area contributed by atoms with Gasteiger partial charge in [-0.15, -0.1) is 0 Å². The number of hydrogen-bond donors (Lipinski definition) is 1. The molecule has 2 bridgehead atoms. The standard InChI is InChI=1S/C16H26N2O4/c1-15(2,3)22-14(21)18(12-4-5-12)16(13(19)20)7-9-17-8-6-11(16)10-17/h11-12H,4-10H2,1-3H3,(H,19,20). The van der Waals surface area contributed by atoms with Gasteiger partial charge in [-0.1, -0.05) is 0 Å². The van der Waals surface area contributed by atoms with Gasteiger partial charge in [0, 0.05) is 25.0 Å². The van der Waals surface area contributed by atoms with Crippen LogP contribution >= 0.6 is 0 Å². The molecule has 0 aromatic heterocycles. The SMILES string of the molecule is CC(C)(C)OC(=O)N(C1CC1)C1(C(=O)O)CCN2CCC1C2. The van der Waals surface area contributed by atoms with Crippen molar-refractivity contribution in [1.29, 1.82) is 0 Å². The van der Waals surface area contributed by atoms with E-state index < -0.39 is 23.2 Å². The first kappa shape index (κ1) is 15.6. The summed E-state index contributed by atoms with van der Waals surface area (Å²) in [6, 6.07) is 0.0260. The Balaban J connectivity index is 1.93. The number of carbonyl (C=O) groups excluding carboxylic acids is 1. The van der Waals surface area contributed by atoms with Gasteiger partial charge in [0.1, 0.15) is 11.1 Å². The second-order valence-electron chi connectivity index (χ2n) is 7.85. The monoisotopic (exact) mass is 310 g/mol. The molecule has 6 nitrogen and oxygen atoms in total. The lowest BCUT2D eigenvalue weighted by atomic mass is 9.77. The zero-order valence-electron chi connectivity index (χ0n) is 13.7. The number of amides is 1. The van der Waals surface area contributed by atoms with E-state index >= 15 is 0 Å². The lowest BCUT2D eigenvalue weighted by molar-refractivity contribution is -0.158. The van der Waals surface area contributed by atoms with E-state index in [1.54, 1.807) is 4.90 Å². The number of rotatable bonds is 3. The molecule has 3 atom stereocenters. The molecule has 2 aliphatic heterocycles. The summed E-state index contributed by atoms with van der Waals surface area (Å²) in [6.45, 7) is 7.92. The summed E-state index contributed by atoms with van der Waals surface area (Å²) < 4.78 is 5.55. The molecular formula is C16H26N2O4. The fourth-order valence-corrected chi connectivity index (χ4v) is 3.94. The Hall–Kier alpha value is -1.30. The Morgan fingerprint density at radius 3 is 2.45 bits per heavy atom. The number of carboxylic acids is 1. The van der Waals surface area contributed by atoms with Crippen LogP contribution in [0.4, 0.5) is 4.79 Å². The van der Waals surface area contributed by atoms with E-state index in [-0.39, 0.29) is 12.0 Å². The number of aliphatic carboxylic acids is 1. The minimum atomic E-state index is -1.09. The van der Waals surface area contributed by atoms with Gasteiger partial charge in [-0.05, 0) is 53.0 Å². The molecule has 3 fully saturated rings. The van der Waals surface area contributed by atoms with Gasteiger partial charge in [0.25, 0.3) is 0 Å². The molecule has 0 spiro atoms. The smallest absolute Gasteiger partial charge is 0.411 e. The van der Waals surface area contributed by atoms with E-state index in [2.05, 4.69) is 4.90 Å². The van der Waals surface area contributed by atoms with E-state index in [0.29, 0.717) is 6.42 Å². The number of nitrogens with zero attached hydrogens (tertiary/aromatic N) is 2. The van der Waals surface area contributed by atoms with Gasteiger partial charge in [-0.2, -0.15) is 0 Å². The number of carbonyl (C=O) groups is 2. The van der Waals surface area contributed by atoms with Crippen LogP contribution in [0.1, 0.15) is 46.5 Å². The van der Waals surface area contributed by atoms with Gasteiger partial charge in [0.2, 0.25) is 0 Å². The average molecular weight is 310 g/mol. The maximum absolute atomic E-state index is 12.8. The largest absolute Gasteiger partial charge is 0.479 e. The minimum absolute atomic E-state index is 0.00636. The predicted octanol–water partition coefficient (Wildman–Crippen LogP) is 1.93. The predicted molar refractivity (Wildman–Crippen MR) is 80.6 cm³/mol. The summed E-state index contributed by atoms with van der Waals surface area (Å²) in [5.41, 5.74) is -1.70. The normalized spacial score (nSPS) is 34.3. The lowest BCUT2D eigenvalue weighted by Gasteiger charge is -2.47. The van der Waals surface area contributed by atoms with Crippen molar-refractivity contribution in [2.24, 2.45) is 5.92 Å². The van der Waals surface area contributed by atoms with Crippen molar-refractivity contribution in [3.05, 3.63) is 0 Å². The summed E-state index contributed by atoms with van der Waals surface area (Å²) in [5, 5.41) is 10.0. The van der Waals surface area contributed by atoms with Crippen molar-refractivity contribution in [1.82, 2.24) is 9.80 Å². The zero-order valence-corrected chi connectivity index (χ0v) is 13.7. The second-order valence-corrected chi connectivity index (χ2v) is 7.85. The van der Waals surface area contributed by atoms with Crippen LogP contribution in [0.5, 0.6) is 0 Å². The third kappa shape index (κ3) is 2.57. The highest BCUT2D eigenvalue weighted by atomic mass is 16.6. The molecule has 22 heavy (non-hydrogen) atoms. The zero-order chi connectivity index (χ0) is 16.1. The minimum Gasteiger partial charge on any atom is -0.479 e. The van der Waals surface area contributed by atoms with Crippen molar-refractivity contribution in [2.45, 2.75) is 63.6 Å². The summed E-state index contributed by atoms with van der Waals surface area (Å²) in [6.07, 6.45) is 2.65. The van der Waals surface area contributed by atoms with Crippen LogP contribution in [0.2, 0.25) is 0 Å². The molecule has 1 N–H and O–H groups in total. The molecule has 2 saturated heterocycles. The van der Waals surface area contributed by atoms with E-state index in [9.17, 15) is 14.7 Å². The Bertz CT molecular complexity index is 483. The lowest BCUT2D eigenvalue weighted by Crippen LogP contribution is -2.65. The first-order valence-corrected chi connectivity index (χ1v) is 8.22. The molecular weight excluding hydrogens is 284 g/mol. The topological polar surface area (TPSA) is 70.1 Å². The molecule has 124 valence electrons. The molecule has 0 aromatic carbocycles. The van der Waals surface area contributed by atoms with Crippen LogP contribution in [0.25, 0.3) is 0 Å². The van der Waals surface area contributed by atoms with Crippen LogP contribution < -0.4 is 0 Å². The summed E-state index contributed by atoms with van der Waals surface area (Å²) in [5.74, 6) is -0.858. The highest BCUT2D eigenvalue weighted by Crippen LogP contribution is 2.45. The molecule has 1 aliphatic carbocycles. The highest BCUT2D eigenvalue weighted by Gasteiger charge is 2.60. The van der Waals surface area contributed by atoms with Crippen LogP contribution in [-0.2, 0) is 9.53 Å². The number of ether oxygens (including phenoxy) is 1. The van der Waals surface area contributed by atoms with Crippen LogP contribution in [0.3, 0.4) is 0 Å². The molecule has 6 heteroatoms. The molecule has 2 heterocycles. The fourth-order valence-electron chi connectivity index (χ4n) is 3.94. The molecule has 1 amide bonds. The Labute approximate surface area is 131 Å².